The average molecular weight is 371 g/mol. The molecule has 2 rings (SSSR count). The van der Waals surface area contributed by atoms with E-state index in [4.69, 9.17) is 21.4 Å². The Morgan fingerprint density at radius 3 is 2.76 bits per heavy atom. The van der Waals surface area contributed by atoms with Gasteiger partial charge < -0.3 is 14.5 Å². The van der Waals surface area contributed by atoms with Gasteiger partial charge in [0.15, 0.2) is 5.11 Å². The first-order valence-electron chi connectivity index (χ1n) is 7.24. The Morgan fingerprint density at radius 2 is 2.04 bits per heavy atom. The number of rotatable bonds is 6. The van der Waals surface area contributed by atoms with E-state index in [1.165, 1.54) is 36.5 Å². The number of thiocarbonyl (C=S) groups is 1. The van der Waals surface area contributed by atoms with E-state index in [1.54, 1.807) is 7.11 Å². The van der Waals surface area contributed by atoms with E-state index in [9.17, 15) is 13.2 Å². The van der Waals surface area contributed by atoms with Crippen LogP contribution < -0.4 is 10.7 Å². The zero-order chi connectivity index (χ0) is 18.3. The topological polar surface area (TPSA) is 58.8 Å². The Kier molecular flexibility index (Phi) is 6.54. The van der Waals surface area contributed by atoms with Gasteiger partial charge in [-0.25, -0.2) is 0 Å². The highest BCUT2D eigenvalue weighted by Crippen LogP contribution is 2.37. The number of alkyl halides is 3. The van der Waals surface area contributed by atoms with Gasteiger partial charge in [0.25, 0.3) is 0 Å². The van der Waals surface area contributed by atoms with Crippen LogP contribution in [0.5, 0.6) is 0 Å². The zero-order valence-corrected chi connectivity index (χ0v) is 14.1. The average Bonchev–Trinajstić information content (AvgIpc) is 3.03. The number of ether oxygens (including phenoxy) is 1. The predicted molar refractivity (Wildman–Crippen MR) is 92.4 cm³/mol. The molecule has 0 aliphatic heterocycles. The highest BCUT2D eigenvalue weighted by Gasteiger charge is 2.34. The second-order valence-corrected chi connectivity index (χ2v) is 5.27. The van der Waals surface area contributed by atoms with E-state index in [-0.39, 0.29) is 11.3 Å². The maximum Gasteiger partial charge on any atom is 0.417 e. The minimum absolute atomic E-state index is 0.0284. The molecule has 5 nitrogen and oxygen atoms in total. The number of hydrogen-bond donors (Lipinski definition) is 2. The van der Waals surface area contributed by atoms with Crippen LogP contribution in [0.15, 0.2) is 45.9 Å². The second kappa shape index (κ2) is 8.63. The number of nitrogens with one attached hydrogen (secondary N) is 2. The lowest BCUT2D eigenvalue weighted by molar-refractivity contribution is -0.137. The Morgan fingerprint density at radius 1 is 1.28 bits per heavy atom. The molecule has 0 unspecified atom stereocenters. The molecule has 25 heavy (non-hydrogen) atoms. The number of hydrogen-bond acceptors (Lipinski definition) is 4. The molecule has 0 bridgehead atoms. The molecule has 0 atom stereocenters. The van der Waals surface area contributed by atoms with Crippen LogP contribution in [-0.2, 0) is 10.9 Å². The van der Waals surface area contributed by atoms with Crippen LogP contribution in [0.4, 0.5) is 13.2 Å². The smallest absolute Gasteiger partial charge is 0.417 e. The van der Waals surface area contributed by atoms with Gasteiger partial charge in [0.1, 0.15) is 11.5 Å². The van der Waals surface area contributed by atoms with E-state index >= 15 is 0 Å². The number of halogens is 3. The molecule has 2 N–H and O–H groups in total. The fourth-order valence-corrected chi connectivity index (χ4v) is 2.13. The minimum Gasteiger partial charge on any atom is -0.455 e. The van der Waals surface area contributed by atoms with Crippen molar-refractivity contribution in [1.29, 1.82) is 0 Å². The number of methoxy groups -OCH3 is 1. The van der Waals surface area contributed by atoms with Crippen LogP contribution in [0, 0.1) is 0 Å². The SMILES string of the molecule is COCCNC(=S)NN=Cc1ccc(-c2ccccc2C(F)(F)F)o1. The lowest BCUT2D eigenvalue weighted by atomic mass is 10.1. The summed E-state index contributed by atoms with van der Waals surface area (Å²) >= 11 is 4.98. The number of nitrogens with zero attached hydrogens (tertiary/aromatic N) is 1. The van der Waals surface area contributed by atoms with Gasteiger partial charge in [-0.2, -0.15) is 18.3 Å². The number of benzene rings is 1. The molecule has 0 saturated heterocycles. The lowest BCUT2D eigenvalue weighted by Crippen LogP contribution is -2.34. The molecule has 134 valence electrons. The van der Waals surface area contributed by atoms with Crippen molar-refractivity contribution in [2.24, 2.45) is 5.10 Å². The molecule has 2 aromatic rings. The summed E-state index contributed by atoms with van der Waals surface area (Å²) in [5.41, 5.74) is 1.79. The van der Waals surface area contributed by atoms with Crippen molar-refractivity contribution in [2.75, 3.05) is 20.3 Å². The van der Waals surface area contributed by atoms with Gasteiger partial charge in [0, 0.05) is 19.2 Å². The van der Waals surface area contributed by atoms with E-state index < -0.39 is 11.7 Å². The molecule has 0 spiro atoms. The van der Waals surface area contributed by atoms with Crippen molar-refractivity contribution in [3.05, 3.63) is 47.7 Å². The van der Waals surface area contributed by atoms with Crippen molar-refractivity contribution >= 4 is 23.5 Å². The molecule has 0 aliphatic rings. The monoisotopic (exact) mass is 371 g/mol. The fourth-order valence-electron chi connectivity index (χ4n) is 1.97. The first-order chi connectivity index (χ1) is 11.9. The summed E-state index contributed by atoms with van der Waals surface area (Å²) in [4.78, 5) is 0. The van der Waals surface area contributed by atoms with Gasteiger partial charge >= 0.3 is 6.18 Å². The van der Waals surface area contributed by atoms with Crippen molar-refractivity contribution < 1.29 is 22.3 Å². The normalized spacial score (nSPS) is 11.7. The first-order valence-corrected chi connectivity index (χ1v) is 7.65. The minimum atomic E-state index is -4.46. The summed E-state index contributed by atoms with van der Waals surface area (Å²) in [7, 11) is 1.57. The fraction of sp³-hybridized carbons (Fsp3) is 0.250. The standard InChI is InChI=1S/C16H16F3N3O2S/c1-23-9-8-20-15(25)22-21-10-11-6-7-14(24-11)12-4-2-3-5-13(12)16(17,18)19/h2-7,10H,8-9H2,1H3,(H2,20,22,25). The van der Waals surface area contributed by atoms with Gasteiger partial charge in [-0.1, -0.05) is 18.2 Å². The Bertz CT molecular complexity index is 744. The zero-order valence-electron chi connectivity index (χ0n) is 13.3. The molecule has 0 aliphatic carbocycles. The van der Waals surface area contributed by atoms with Crippen LogP contribution in [0.1, 0.15) is 11.3 Å². The molecule has 0 amide bonds. The number of hydrazone groups is 1. The van der Waals surface area contributed by atoms with Gasteiger partial charge in [0.05, 0.1) is 18.4 Å². The lowest BCUT2D eigenvalue weighted by Gasteiger charge is -2.10. The van der Waals surface area contributed by atoms with Crippen molar-refractivity contribution in [3.8, 4) is 11.3 Å². The Hall–Kier alpha value is -2.39. The van der Waals surface area contributed by atoms with Gasteiger partial charge in [-0.15, -0.1) is 0 Å². The summed E-state index contributed by atoms with van der Waals surface area (Å²) in [6.45, 7) is 1.02. The summed E-state index contributed by atoms with van der Waals surface area (Å²) < 4.78 is 49.4. The maximum absolute atomic E-state index is 13.1. The van der Waals surface area contributed by atoms with Crippen LogP contribution in [0.3, 0.4) is 0 Å². The number of furan rings is 1. The molecule has 0 saturated carbocycles. The molecular formula is C16H16F3N3O2S. The molecule has 0 fully saturated rings. The highest BCUT2D eigenvalue weighted by atomic mass is 32.1. The molecule has 1 aromatic carbocycles. The third-order valence-electron chi connectivity index (χ3n) is 3.07. The molecule has 1 heterocycles. The molecule has 1 aromatic heterocycles. The van der Waals surface area contributed by atoms with Crippen molar-refractivity contribution in [1.82, 2.24) is 10.7 Å². The quantitative estimate of drug-likeness (QED) is 0.353. The highest BCUT2D eigenvalue weighted by molar-refractivity contribution is 7.80. The van der Waals surface area contributed by atoms with E-state index in [1.807, 2.05) is 0 Å². The molecule has 0 radical (unpaired) electrons. The van der Waals surface area contributed by atoms with Gasteiger partial charge in [-0.3, -0.25) is 5.43 Å². The summed E-state index contributed by atoms with van der Waals surface area (Å²) in [5, 5.41) is 7.01. The third kappa shape index (κ3) is 5.57. The van der Waals surface area contributed by atoms with Crippen molar-refractivity contribution in [3.63, 3.8) is 0 Å². The Labute approximate surface area is 147 Å². The van der Waals surface area contributed by atoms with Crippen LogP contribution >= 0.6 is 12.2 Å². The van der Waals surface area contributed by atoms with Crippen LogP contribution in [0.25, 0.3) is 11.3 Å². The second-order valence-electron chi connectivity index (χ2n) is 4.86. The van der Waals surface area contributed by atoms with Crippen LogP contribution in [0.2, 0.25) is 0 Å². The maximum atomic E-state index is 13.1. The molecule has 9 heteroatoms. The van der Waals surface area contributed by atoms with E-state index in [2.05, 4.69) is 15.8 Å². The molecular weight excluding hydrogens is 355 g/mol. The largest absolute Gasteiger partial charge is 0.455 e. The summed E-state index contributed by atoms with van der Waals surface area (Å²) in [5.74, 6) is 0.398. The van der Waals surface area contributed by atoms with Gasteiger partial charge in [-0.05, 0) is 30.4 Å². The van der Waals surface area contributed by atoms with Crippen molar-refractivity contribution in [2.45, 2.75) is 6.18 Å². The third-order valence-corrected chi connectivity index (χ3v) is 3.31. The summed E-state index contributed by atoms with van der Waals surface area (Å²) in [6, 6.07) is 8.20. The predicted octanol–water partition coefficient (Wildman–Crippen LogP) is 3.41. The summed E-state index contributed by atoms with van der Waals surface area (Å²) in [6.07, 6.45) is -3.14. The van der Waals surface area contributed by atoms with Gasteiger partial charge in [0.2, 0.25) is 0 Å². The Balaban J connectivity index is 2.04. The van der Waals surface area contributed by atoms with Crippen LogP contribution in [-0.4, -0.2) is 31.6 Å². The van der Waals surface area contributed by atoms with E-state index in [0.29, 0.717) is 24.0 Å². The first kappa shape index (κ1) is 18.9. The van der Waals surface area contributed by atoms with E-state index in [0.717, 1.165) is 6.07 Å².